The van der Waals surface area contributed by atoms with E-state index in [4.69, 9.17) is 11.1 Å². The number of carbonyl (C=O) groups is 1. The Morgan fingerprint density at radius 2 is 2.17 bits per heavy atom. The summed E-state index contributed by atoms with van der Waals surface area (Å²) < 4.78 is 0. The molecule has 2 amide bonds. The maximum absolute atomic E-state index is 11.6. The van der Waals surface area contributed by atoms with Gasteiger partial charge >= 0.3 is 6.03 Å². The topological polar surface area (TPSA) is 91.0 Å². The molecule has 0 saturated carbocycles. The molecule has 0 aliphatic carbocycles. The Hall–Kier alpha value is -2.04. The maximum atomic E-state index is 11.6. The van der Waals surface area contributed by atoms with Gasteiger partial charge in [-0.05, 0) is 30.9 Å². The lowest BCUT2D eigenvalue weighted by Gasteiger charge is -2.14. The van der Waals surface area contributed by atoms with Crippen molar-refractivity contribution >= 4 is 17.7 Å². The Morgan fingerprint density at radius 3 is 2.78 bits per heavy atom. The molecule has 0 aliphatic heterocycles. The SMILES string of the molecule is CCCCc1cccc(C)c1NC(=O)NC(=N)N. The van der Waals surface area contributed by atoms with Crippen LogP contribution in [0.25, 0.3) is 0 Å². The summed E-state index contributed by atoms with van der Waals surface area (Å²) in [7, 11) is 0. The molecule has 1 aromatic carbocycles. The van der Waals surface area contributed by atoms with E-state index in [2.05, 4.69) is 17.6 Å². The molecule has 98 valence electrons. The van der Waals surface area contributed by atoms with Gasteiger partial charge in [0.2, 0.25) is 0 Å². The number of hydrogen-bond donors (Lipinski definition) is 4. The number of anilines is 1. The Balaban J connectivity index is 2.85. The molecule has 0 radical (unpaired) electrons. The van der Waals surface area contributed by atoms with Gasteiger partial charge in [0.05, 0.1) is 0 Å². The molecule has 0 aromatic heterocycles. The standard InChI is InChI=1S/C13H20N4O/c1-3-4-7-10-8-5-6-9(2)11(10)16-13(18)17-12(14)15/h5-6,8H,3-4,7H2,1-2H3,(H5,14,15,16,17,18). The predicted molar refractivity (Wildman–Crippen MR) is 73.9 cm³/mol. The van der Waals surface area contributed by atoms with Gasteiger partial charge in [-0.3, -0.25) is 10.7 Å². The van der Waals surface area contributed by atoms with E-state index in [1.165, 1.54) is 0 Å². The van der Waals surface area contributed by atoms with Crippen LogP contribution in [0.1, 0.15) is 30.9 Å². The Kier molecular flexibility index (Phi) is 5.17. The van der Waals surface area contributed by atoms with Crippen LogP contribution < -0.4 is 16.4 Å². The van der Waals surface area contributed by atoms with Crippen molar-refractivity contribution in [2.75, 3.05) is 5.32 Å². The number of hydrogen-bond acceptors (Lipinski definition) is 2. The Bertz CT molecular complexity index is 443. The van der Waals surface area contributed by atoms with Crippen molar-refractivity contribution in [1.29, 1.82) is 5.41 Å². The number of nitrogens with two attached hydrogens (primary N) is 1. The lowest BCUT2D eigenvalue weighted by Crippen LogP contribution is -2.39. The van der Waals surface area contributed by atoms with Gasteiger partial charge in [0, 0.05) is 5.69 Å². The van der Waals surface area contributed by atoms with Crippen molar-refractivity contribution in [3.8, 4) is 0 Å². The number of carbonyl (C=O) groups excluding carboxylic acids is 1. The molecule has 5 nitrogen and oxygen atoms in total. The summed E-state index contributed by atoms with van der Waals surface area (Å²) in [6.45, 7) is 4.07. The van der Waals surface area contributed by atoms with Crippen LogP contribution >= 0.6 is 0 Å². The van der Waals surface area contributed by atoms with E-state index in [0.717, 1.165) is 36.1 Å². The van der Waals surface area contributed by atoms with Crippen LogP contribution in [-0.4, -0.2) is 12.0 Å². The molecule has 0 unspecified atom stereocenters. The minimum absolute atomic E-state index is 0.365. The van der Waals surface area contributed by atoms with Crippen LogP contribution in [0, 0.1) is 12.3 Å². The summed E-state index contributed by atoms with van der Waals surface area (Å²) in [6.07, 6.45) is 3.10. The Labute approximate surface area is 107 Å². The molecule has 1 aromatic rings. The normalized spacial score (nSPS) is 9.89. The van der Waals surface area contributed by atoms with Gasteiger partial charge in [0.1, 0.15) is 0 Å². The average molecular weight is 248 g/mol. The third kappa shape index (κ3) is 4.08. The molecule has 0 atom stereocenters. The molecule has 0 spiro atoms. The summed E-state index contributed by atoms with van der Waals surface area (Å²) in [4.78, 5) is 11.6. The number of nitrogens with one attached hydrogen (secondary N) is 3. The van der Waals surface area contributed by atoms with E-state index in [1.54, 1.807) is 0 Å². The third-order valence-corrected chi connectivity index (χ3v) is 2.65. The highest BCUT2D eigenvalue weighted by molar-refractivity contribution is 6.01. The number of aryl methyl sites for hydroxylation is 2. The highest BCUT2D eigenvalue weighted by Crippen LogP contribution is 2.22. The van der Waals surface area contributed by atoms with Crippen LogP contribution in [-0.2, 0) is 6.42 Å². The molecular formula is C13H20N4O. The zero-order chi connectivity index (χ0) is 13.5. The average Bonchev–Trinajstić information content (AvgIpc) is 2.29. The van der Waals surface area contributed by atoms with E-state index >= 15 is 0 Å². The summed E-state index contributed by atoms with van der Waals surface area (Å²) in [5, 5.41) is 12.0. The number of unbranched alkanes of at least 4 members (excludes halogenated alkanes) is 1. The van der Waals surface area contributed by atoms with E-state index in [1.807, 2.05) is 25.1 Å². The molecule has 0 bridgehead atoms. The van der Waals surface area contributed by atoms with Gasteiger partial charge in [-0.2, -0.15) is 0 Å². The fraction of sp³-hybridized carbons (Fsp3) is 0.385. The molecule has 18 heavy (non-hydrogen) atoms. The summed E-state index contributed by atoms with van der Waals surface area (Å²) in [5.41, 5.74) is 8.03. The van der Waals surface area contributed by atoms with Gasteiger partial charge in [-0.25, -0.2) is 4.79 Å². The van der Waals surface area contributed by atoms with Crippen molar-refractivity contribution in [2.45, 2.75) is 33.1 Å². The molecule has 0 heterocycles. The number of benzene rings is 1. The largest absolute Gasteiger partial charge is 0.370 e. The molecule has 5 heteroatoms. The highest BCUT2D eigenvalue weighted by atomic mass is 16.2. The van der Waals surface area contributed by atoms with Gasteiger partial charge in [0.15, 0.2) is 5.96 Å². The summed E-state index contributed by atoms with van der Waals surface area (Å²) in [5.74, 6) is -0.365. The second kappa shape index (κ2) is 6.64. The fourth-order valence-electron chi connectivity index (χ4n) is 1.75. The highest BCUT2D eigenvalue weighted by Gasteiger charge is 2.09. The van der Waals surface area contributed by atoms with Crippen LogP contribution in [0.3, 0.4) is 0 Å². The summed E-state index contributed by atoms with van der Waals surface area (Å²) in [6, 6.07) is 5.45. The molecule has 0 fully saturated rings. The zero-order valence-electron chi connectivity index (χ0n) is 10.8. The van der Waals surface area contributed by atoms with Crippen LogP contribution in [0.5, 0.6) is 0 Å². The smallest absolute Gasteiger partial charge is 0.325 e. The van der Waals surface area contributed by atoms with Crippen molar-refractivity contribution in [3.63, 3.8) is 0 Å². The van der Waals surface area contributed by atoms with E-state index in [-0.39, 0.29) is 5.96 Å². The molecule has 0 aliphatic rings. The zero-order valence-corrected chi connectivity index (χ0v) is 10.8. The maximum Gasteiger partial charge on any atom is 0.325 e. The van der Waals surface area contributed by atoms with Crippen LogP contribution in [0.15, 0.2) is 18.2 Å². The van der Waals surface area contributed by atoms with E-state index in [9.17, 15) is 4.79 Å². The molecular weight excluding hydrogens is 228 g/mol. The van der Waals surface area contributed by atoms with Crippen LogP contribution in [0.4, 0.5) is 10.5 Å². The van der Waals surface area contributed by atoms with E-state index < -0.39 is 6.03 Å². The van der Waals surface area contributed by atoms with Crippen molar-refractivity contribution in [1.82, 2.24) is 5.32 Å². The number of guanidine groups is 1. The fourth-order valence-corrected chi connectivity index (χ4v) is 1.75. The first kappa shape index (κ1) is 14.0. The van der Waals surface area contributed by atoms with Crippen LogP contribution in [0.2, 0.25) is 0 Å². The first-order chi connectivity index (χ1) is 8.54. The minimum Gasteiger partial charge on any atom is -0.370 e. The second-order valence-electron chi connectivity index (χ2n) is 4.21. The Morgan fingerprint density at radius 1 is 1.44 bits per heavy atom. The van der Waals surface area contributed by atoms with E-state index in [0.29, 0.717) is 0 Å². The van der Waals surface area contributed by atoms with Crippen molar-refractivity contribution < 1.29 is 4.79 Å². The predicted octanol–water partition coefficient (Wildman–Crippen LogP) is 2.35. The number of para-hydroxylation sites is 1. The van der Waals surface area contributed by atoms with Gasteiger partial charge in [-0.1, -0.05) is 31.5 Å². The first-order valence-electron chi connectivity index (χ1n) is 6.05. The monoisotopic (exact) mass is 248 g/mol. The molecule has 1 rings (SSSR count). The lowest BCUT2D eigenvalue weighted by molar-refractivity contribution is 0.256. The first-order valence-corrected chi connectivity index (χ1v) is 6.05. The molecule has 5 N–H and O–H groups in total. The number of amides is 2. The van der Waals surface area contributed by atoms with Crippen molar-refractivity contribution in [2.24, 2.45) is 5.73 Å². The van der Waals surface area contributed by atoms with Gasteiger partial charge < -0.3 is 11.1 Å². The van der Waals surface area contributed by atoms with Crippen molar-refractivity contribution in [3.05, 3.63) is 29.3 Å². The van der Waals surface area contributed by atoms with Gasteiger partial charge in [0.25, 0.3) is 0 Å². The quantitative estimate of drug-likeness (QED) is 0.486. The van der Waals surface area contributed by atoms with Gasteiger partial charge in [-0.15, -0.1) is 0 Å². The molecule has 0 saturated heterocycles. The second-order valence-corrected chi connectivity index (χ2v) is 4.21. The third-order valence-electron chi connectivity index (χ3n) is 2.65. The summed E-state index contributed by atoms with van der Waals surface area (Å²) >= 11 is 0. The minimum atomic E-state index is -0.477. The number of rotatable bonds is 4. The lowest BCUT2D eigenvalue weighted by atomic mass is 10.0. The number of urea groups is 1.